The van der Waals surface area contributed by atoms with Crippen LogP contribution in [0.3, 0.4) is 0 Å². The average Bonchev–Trinajstić information content (AvgIpc) is 3.16. The smallest absolute Gasteiger partial charge is 0.260 e. The Morgan fingerprint density at radius 3 is 2.52 bits per heavy atom. The van der Waals surface area contributed by atoms with Gasteiger partial charge in [-0.15, -0.1) is 0 Å². The van der Waals surface area contributed by atoms with E-state index in [1.165, 1.54) is 11.3 Å². The van der Waals surface area contributed by atoms with Crippen LogP contribution in [0, 0.1) is 0 Å². The maximum atomic E-state index is 13.3. The molecule has 154 valence electrons. The Morgan fingerprint density at radius 1 is 1.10 bits per heavy atom. The van der Waals surface area contributed by atoms with Gasteiger partial charge in [-0.2, -0.15) is 0 Å². The lowest BCUT2D eigenvalue weighted by Crippen LogP contribution is -2.33. The third-order valence-corrected chi connectivity index (χ3v) is 5.51. The highest BCUT2D eigenvalue weighted by atomic mass is 32.1. The number of carbonyl (C=O) groups excluding carboxylic acids is 1. The number of ether oxygens (including phenoxy) is 2. The van der Waals surface area contributed by atoms with Crippen LogP contribution in [-0.2, 0) is 0 Å². The zero-order valence-corrected chi connectivity index (χ0v) is 18.2. The number of thiazole rings is 1. The van der Waals surface area contributed by atoms with E-state index in [2.05, 4.69) is 4.90 Å². The third kappa shape index (κ3) is 5.05. The molecule has 0 aliphatic rings. The van der Waals surface area contributed by atoms with Crippen LogP contribution >= 0.6 is 11.3 Å². The number of nitrogens with zero attached hydrogens (tertiary/aromatic N) is 3. The molecule has 0 fully saturated rings. The summed E-state index contributed by atoms with van der Waals surface area (Å²) < 4.78 is 11.9. The number of methoxy groups -OCH3 is 1. The number of hydrogen-bond donors (Lipinski definition) is 0. The van der Waals surface area contributed by atoms with E-state index >= 15 is 0 Å². The summed E-state index contributed by atoms with van der Waals surface area (Å²) in [6, 6.07) is 13.1. The minimum Gasteiger partial charge on any atom is -0.497 e. The molecule has 0 aliphatic heterocycles. The summed E-state index contributed by atoms with van der Waals surface area (Å²) in [5, 5.41) is 0.687. The molecule has 1 heterocycles. The Hall–Kier alpha value is -2.64. The van der Waals surface area contributed by atoms with Crippen molar-refractivity contribution in [2.45, 2.75) is 13.3 Å². The zero-order valence-electron chi connectivity index (χ0n) is 17.3. The Balaban J connectivity index is 1.94. The van der Waals surface area contributed by atoms with Gasteiger partial charge in [-0.1, -0.05) is 17.4 Å². The van der Waals surface area contributed by atoms with Gasteiger partial charge >= 0.3 is 0 Å². The molecule has 0 saturated carbocycles. The fourth-order valence-corrected chi connectivity index (χ4v) is 4.03. The van der Waals surface area contributed by atoms with Crippen molar-refractivity contribution in [2.75, 3.05) is 45.8 Å². The van der Waals surface area contributed by atoms with Crippen molar-refractivity contribution < 1.29 is 14.3 Å². The highest BCUT2D eigenvalue weighted by molar-refractivity contribution is 7.22. The van der Waals surface area contributed by atoms with E-state index < -0.39 is 0 Å². The second-order valence-electron chi connectivity index (χ2n) is 6.87. The molecule has 0 radical (unpaired) electrons. The van der Waals surface area contributed by atoms with E-state index in [1.807, 2.05) is 39.2 Å². The number of amides is 1. The summed E-state index contributed by atoms with van der Waals surface area (Å²) >= 11 is 1.51. The summed E-state index contributed by atoms with van der Waals surface area (Å²) in [6.45, 7) is 4.00. The molecule has 0 aliphatic carbocycles. The first-order valence-corrected chi connectivity index (χ1v) is 10.5. The van der Waals surface area contributed by atoms with Crippen LogP contribution in [0.15, 0.2) is 42.5 Å². The lowest BCUT2D eigenvalue weighted by molar-refractivity contribution is 0.0986. The van der Waals surface area contributed by atoms with Crippen molar-refractivity contribution in [2.24, 2.45) is 0 Å². The molecular weight excluding hydrogens is 386 g/mol. The summed E-state index contributed by atoms with van der Waals surface area (Å²) in [5.41, 5.74) is 1.41. The first-order chi connectivity index (χ1) is 14.0. The van der Waals surface area contributed by atoms with E-state index in [4.69, 9.17) is 14.5 Å². The molecule has 0 saturated heterocycles. The maximum absolute atomic E-state index is 13.3. The highest BCUT2D eigenvalue weighted by Crippen LogP contribution is 2.35. The average molecular weight is 414 g/mol. The molecule has 0 spiro atoms. The molecule has 6 nitrogen and oxygen atoms in total. The molecule has 0 bridgehead atoms. The van der Waals surface area contributed by atoms with Crippen LogP contribution in [0.5, 0.6) is 11.5 Å². The van der Waals surface area contributed by atoms with E-state index in [9.17, 15) is 4.79 Å². The molecule has 0 atom stereocenters. The van der Waals surface area contributed by atoms with E-state index in [0.29, 0.717) is 23.8 Å². The molecule has 0 unspecified atom stereocenters. The number of para-hydroxylation sites is 1. The number of rotatable bonds is 9. The third-order valence-electron chi connectivity index (χ3n) is 4.47. The van der Waals surface area contributed by atoms with Gasteiger partial charge in [0.05, 0.1) is 18.4 Å². The van der Waals surface area contributed by atoms with Gasteiger partial charge in [0.1, 0.15) is 17.0 Å². The normalized spacial score (nSPS) is 11.1. The van der Waals surface area contributed by atoms with Gasteiger partial charge in [-0.3, -0.25) is 9.69 Å². The second-order valence-corrected chi connectivity index (χ2v) is 7.88. The minimum absolute atomic E-state index is 0.0663. The molecule has 7 heteroatoms. The van der Waals surface area contributed by atoms with Crippen LogP contribution in [0.2, 0.25) is 0 Å². The molecular formula is C22H27N3O3S. The van der Waals surface area contributed by atoms with Gasteiger partial charge in [0, 0.05) is 12.1 Å². The Kier molecular flexibility index (Phi) is 7.06. The minimum atomic E-state index is -0.0663. The molecule has 29 heavy (non-hydrogen) atoms. The molecule has 3 aromatic rings. The SMILES string of the molecule is CCOc1cccc2sc(N(CCCN(C)C)C(=O)c3ccc(OC)cc3)nc12. The monoisotopic (exact) mass is 413 g/mol. The van der Waals surface area contributed by atoms with Crippen LogP contribution in [-0.4, -0.2) is 56.7 Å². The van der Waals surface area contributed by atoms with E-state index in [-0.39, 0.29) is 5.91 Å². The van der Waals surface area contributed by atoms with Crippen molar-refractivity contribution in [3.8, 4) is 11.5 Å². The van der Waals surface area contributed by atoms with Crippen molar-refractivity contribution >= 4 is 32.6 Å². The fraction of sp³-hybridized carbons (Fsp3) is 0.364. The quantitative estimate of drug-likeness (QED) is 0.523. The Morgan fingerprint density at radius 2 is 1.86 bits per heavy atom. The van der Waals surface area contributed by atoms with Gasteiger partial charge in [-0.25, -0.2) is 4.98 Å². The molecule has 3 rings (SSSR count). The predicted molar refractivity (Wildman–Crippen MR) is 119 cm³/mol. The van der Waals surface area contributed by atoms with Crippen molar-refractivity contribution in [3.05, 3.63) is 48.0 Å². The van der Waals surface area contributed by atoms with Crippen molar-refractivity contribution in [1.82, 2.24) is 9.88 Å². The molecule has 1 aromatic heterocycles. The molecule has 0 N–H and O–H groups in total. The standard InChI is InChI=1S/C22H27N3O3S/c1-5-28-18-8-6-9-19-20(18)23-22(29-19)25(15-7-14-24(2)3)21(26)16-10-12-17(27-4)13-11-16/h6,8-13H,5,7,14-15H2,1-4H3. The summed E-state index contributed by atoms with van der Waals surface area (Å²) in [7, 11) is 5.67. The van der Waals surface area contributed by atoms with Gasteiger partial charge < -0.3 is 14.4 Å². The summed E-state index contributed by atoms with van der Waals surface area (Å²) in [5.74, 6) is 1.41. The number of anilines is 1. The number of aromatic nitrogens is 1. The highest BCUT2D eigenvalue weighted by Gasteiger charge is 2.22. The predicted octanol–water partition coefficient (Wildman–Crippen LogP) is 4.30. The lowest BCUT2D eigenvalue weighted by Gasteiger charge is -2.21. The van der Waals surface area contributed by atoms with Crippen molar-refractivity contribution in [1.29, 1.82) is 0 Å². The Labute approximate surface area is 175 Å². The molecule has 1 amide bonds. The first kappa shape index (κ1) is 21.1. The first-order valence-electron chi connectivity index (χ1n) is 9.66. The number of fused-ring (bicyclic) bond motifs is 1. The van der Waals surface area contributed by atoms with E-state index in [0.717, 1.165) is 34.7 Å². The summed E-state index contributed by atoms with van der Waals surface area (Å²) in [6.07, 6.45) is 0.850. The van der Waals surface area contributed by atoms with Gasteiger partial charge in [0.25, 0.3) is 5.91 Å². The number of hydrogen-bond acceptors (Lipinski definition) is 6. The Bertz CT molecular complexity index is 954. The van der Waals surface area contributed by atoms with Crippen LogP contribution in [0.1, 0.15) is 23.7 Å². The van der Waals surface area contributed by atoms with Gasteiger partial charge in [0.15, 0.2) is 5.13 Å². The zero-order chi connectivity index (χ0) is 20.8. The lowest BCUT2D eigenvalue weighted by atomic mass is 10.2. The largest absolute Gasteiger partial charge is 0.497 e. The van der Waals surface area contributed by atoms with Gasteiger partial charge in [-0.05, 0) is 70.4 Å². The molecule has 2 aromatic carbocycles. The van der Waals surface area contributed by atoms with Crippen LogP contribution in [0.25, 0.3) is 10.2 Å². The maximum Gasteiger partial charge on any atom is 0.260 e. The second kappa shape index (κ2) is 9.71. The topological polar surface area (TPSA) is 54.9 Å². The summed E-state index contributed by atoms with van der Waals surface area (Å²) in [4.78, 5) is 22.0. The number of carbonyl (C=O) groups is 1. The fourth-order valence-electron chi connectivity index (χ4n) is 3.02. The van der Waals surface area contributed by atoms with E-state index in [1.54, 1.807) is 36.3 Å². The van der Waals surface area contributed by atoms with Crippen LogP contribution in [0.4, 0.5) is 5.13 Å². The van der Waals surface area contributed by atoms with Gasteiger partial charge in [0.2, 0.25) is 0 Å². The van der Waals surface area contributed by atoms with Crippen molar-refractivity contribution in [3.63, 3.8) is 0 Å². The number of benzene rings is 2. The van der Waals surface area contributed by atoms with Crippen LogP contribution < -0.4 is 14.4 Å².